The summed E-state index contributed by atoms with van der Waals surface area (Å²) in [6.45, 7) is 2.06. The lowest BCUT2D eigenvalue weighted by molar-refractivity contribution is -0.122. The highest BCUT2D eigenvalue weighted by atomic mass is 16.2. The highest BCUT2D eigenvalue weighted by Crippen LogP contribution is 2.47. The number of nitrogens with zero attached hydrogens (tertiary/aromatic N) is 1. The number of nitrogens with one attached hydrogen (secondary N) is 1. The van der Waals surface area contributed by atoms with Crippen molar-refractivity contribution in [3.05, 3.63) is 71.8 Å². The number of hydrogen-bond acceptors (Lipinski definition) is 2. The van der Waals surface area contributed by atoms with E-state index in [0.29, 0.717) is 5.92 Å². The molecule has 22 heavy (non-hydrogen) atoms. The Morgan fingerprint density at radius 3 is 2.45 bits per heavy atom. The fourth-order valence-corrected chi connectivity index (χ4v) is 2.69. The van der Waals surface area contributed by atoms with Crippen molar-refractivity contribution in [3.8, 4) is 0 Å². The van der Waals surface area contributed by atoms with Crippen molar-refractivity contribution < 1.29 is 4.79 Å². The maximum absolute atomic E-state index is 12.1. The number of rotatable bonds is 5. The Balaban J connectivity index is 1.50. The largest absolute Gasteiger partial charge is 0.273 e. The van der Waals surface area contributed by atoms with Crippen LogP contribution in [0.5, 0.6) is 0 Å². The number of hydrogen-bond donors (Lipinski definition) is 1. The second-order valence-corrected chi connectivity index (χ2v) is 5.81. The summed E-state index contributed by atoms with van der Waals surface area (Å²) in [4.78, 5) is 12.1. The normalized spacial score (nSPS) is 21.5. The highest BCUT2D eigenvalue weighted by molar-refractivity contribution is 5.83. The zero-order valence-corrected chi connectivity index (χ0v) is 12.6. The number of hydrazone groups is 1. The van der Waals surface area contributed by atoms with Gasteiger partial charge in [-0.25, -0.2) is 5.43 Å². The van der Waals surface area contributed by atoms with E-state index in [1.54, 1.807) is 6.21 Å². The van der Waals surface area contributed by atoms with Gasteiger partial charge in [-0.15, -0.1) is 0 Å². The first-order chi connectivity index (χ1) is 10.8. The van der Waals surface area contributed by atoms with Crippen LogP contribution in [0.4, 0.5) is 0 Å². The Morgan fingerprint density at radius 1 is 1.14 bits per heavy atom. The lowest BCUT2D eigenvalue weighted by Crippen LogP contribution is -2.20. The van der Waals surface area contributed by atoms with Gasteiger partial charge in [-0.1, -0.05) is 67.6 Å². The Hall–Kier alpha value is -2.42. The Kier molecular flexibility index (Phi) is 4.33. The van der Waals surface area contributed by atoms with E-state index in [4.69, 9.17) is 0 Å². The van der Waals surface area contributed by atoms with Crippen LogP contribution in [-0.2, 0) is 4.79 Å². The van der Waals surface area contributed by atoms with Crippen LogP contribution in [0.2, 0.25) is 0 Å². The maximum Gasteiger partial charge on any atom is 0.243 e. The van der Waals surface area contributed by atoms with Crippen LogP contribution >= 0.6 is 0 Å². The SMILES string of the molecule is CC(/C=N/NC(=O)C1CC1c1ccccc1)c1ccccc1. The van der Waals surface area contributed by atoms with E-state index in [9.17, 15) is 4.79 Å². The zero-order chi connectivity index (χ0) is 15.4. The van der Waals surface area contributed by atoms with Gasteiger partial charge in [0, 0.05) is 18.1 Å². The maximum atomic E-state index is 12.1. The second-order valence-electron chi connectivity index (χ2n) is 5.81. The van der Waals surface area contributed by atoms with Gasteiger partial charge in [0.05, 0.1) is 0 Å². The molecule has 1 aliphatic carbocycles. The minimum atomic E-state index is 0.0189. The smallest absolute Gasteiger partial charge is 0.243 e. The molecular weight excluding hydrogens is 272 g/mol. The molecule has 1 N–H and O–H groups in total. The second kappa shape index (κ2) is 6.56. The van der Waals surface area contributed by atoms with Gasteiger partial charge in [0.25, 0.3) is 0 Å². The highest BCUT2D eigenvalue weighted by Gasteiger charge is 2.43. The summed E-state index contributed by atoms with van der Waals surface area (Å²) in [5, 5.41) is 4.11. The van der Waals surface area contributed by atoms with Gasteiger partial charge < -0.3 is 0 Å². The Morgan fingerprint density at radius 2 is 1.77 bits per heavy atom. The first-order valence-corrected chi connectivity index (χ1v) is 7.68. The average Bonchev–Trinajstić information content (AvgIpc) is 3.37. The lowest BCUT2D eigenvalue weighted by atomic mass is 10.0. The summed E-state index contributed by atoms with van der Waals surface area (Å²) in [6, 6.07) is 20.3. The molecule has 1 amide bonds. The minimum absolute atomic E-state index is 0.0189. The van der Waals surface area contributed by atoms with Gasteiger partial charge in [-0.05, 0) is 23.5 Å². The summed E-state index contributed by atoms with van der Waals surface area (Å²) in [6.07, 6.45) is 2.70. The van der Waals surface area contributed by atoms with E-state index in [2.05, 4.69) is 41.7 Å². The molecular formula is C19H20N2O. The summed E-state index contributed by atoms with van der Waals surface area (Å²) >= 11 is 0. The van der Waals surface area contributed by atoms with E-state index in [-0.39, 0.29) is 17.7 Å². The third-order valence-electron chi connectivity index (χ3n) is 4.15. The molecule has 3 unspecified atom stereocenters. The molecule has 0 aromatic heterocycles. The topological polar surface area (TPSA) is 41.5 Å². The third kappa shape index (κ3) is 3.42. The first kappa shape index (κ1) is 14.5. The predicted molar refractivity (Wildman–Crippen MR) is 88.8 cm³/mol. The standard InChI is InChI=1S/C19H20N2O/c1-14(15-8-4-2-5-9-15)13-20-21-19(22)18-12-17(18)16-10-6-3-7-11-16/h2-11,13-14,17-18H,12H2,1H3,(H,21,22)/b20-13+. The van der Waals surface area contributed by atoms with Crippen LogP contribution < -0.4 is 5.43 Å². The van der Waals surface area contributed by atoms with Crippen LogP contribution in [0.15, 0.2) is 65.8 Å². The molecule has 3 rings (SSSR count). The number of benzene rings is 2. The van der Waals surface area contributed by atoms with Crippen LogP contribution in [-0.4, -0.2) is 12.1 Å². The molecule has 2 aromatic carbocycles. The van der Waals surface area contributed by atoms with Crippen molar-refractivity contribution in [3.63, 3.8) is 0 Å². The summed E-state index contributed by atoms with van der Waals surface area (Å²) < 4.78 is 0. The molecule has 0 saturated heterocycles. The van der Waals surface area contributed by atoms with Crippen LogP contribution in [0.3, 0.4) is 0 Å². The number of carbonyl (C=O) groups is 1. The van der Waals surface area contributed by atoms with Gasteiger partial charge >= 0.3 is 0 Å². The fraction of sp³-hybridized carbons (Fsp3) is 0.263. The van der Waals surface area contributed by atoms with E-state index >= 15 is 0 Å². The van der Waals surface area contributed by atoms with Gasteiger partial charge in [0.2, 0.25) is 5.91 Å². The number of carbonyl (C=O) groups excluding carboxylic acids is 1. The molecule has 0 radical (unpaired) electrons. The van der Waals surface area contributed by atoms with Crippen LogP contribution in [0.25, 0.3) is 0 Å². The van der Waals surface area contributed by atoms with E-state index in [0.717, 1.165) is 6.42 Å². The van der Waals surface area contributed by atoms with Gasteiger partial charge in [0.15, 0.2) is 0 Å². The summed E-state index contributed by atoms with van der Waals surface area (Å²) in [5.74, 6) is 0.616. The van der Waals surface area contributed by atoms with Gasteiger partial charge in [-0.2, -0.15) is 5.10 Å². The number of amides is 1. The Labute approximate surface area is 131 Å². The lowest BCUT2D eigenvalue weighted by Gasteiger charge is -2.05. The van der Waals surface area contributed by atoms with Crippen molar-refractivity contribution in [1.82, 2.24) is 5.43 Å². The van der Waals surface area contributed by atoms with Crippen molar-refractivity contribution in [2.24, 2.45) is 11.0 Å². The molecule has 3 atom stereocenters. The third-order valence-corrected chi connectivity index (χ3v) is 4.15. The van der Waals surface area contributed by atoms with Crippen molar-refractivity contribution >= 4 is 12.1 Å². The zero-order valence-electron chi connectivity index (χ0n) is 12.6. The molecule has 0 aliphatic heterocycles. The molecule has 1 aliphatic rings. The van der Waals surface area contributed by atoms with E-state index < -0.39 is 0 Å². The summed E-state index contributed by atoms with van der Waals surface area (Å²) in [5.41, 5.74) is 5.10. The molecule has 112 valence electrons. The fourth-order valence-electron chi connectivity index (χ4n) is 2.69. The summed E-state index contributed by atoms with van der Waals surface area (Å²) in [7, 11) is 0. The Bertz CT molecular complexity index is 652. The van der Waals surface area contributed by atoms with Gasteiger partial charge in [0.1, 0.15) is 0 Å². The molecule has 3 nitrogen and oxygen atoms in total. The van der Waals surface area contributed by atoms with E-state index in [1.807, 2.05) is 36.4 Å². The molecule has 0 spiro atoms. The monoisotopic (exact) mass is 292 g/mol. The average molecular weight is 292 g/mol. The van der Waals surface area contributed by atoms with Gasteiger partial charge in [-0.3, -0.25) is 4.79 Å². The molecule has 2 aromatic rings. The molecule has 0 bridgehead atoms. The first-order valence-electron chi connectivity index (χ1n) is 7.68. The van der Waals surface area contributed by atoms with Crippen molar-refractivity contribution in [2.75, 3.05) is 0 Å². The van der Waals surface area contributed by atoms with Crippen LogP contribution in [0.1, 0.15) is 36.3 Å². The predicted octanol–water partition coefficient (Wildman–Crippen LogP) is 3.70. The molecule has 3 heteroatoms. The van der Waals surface area contributed by atoms with Crippen molar-refractivity contribution in [1.29, 1.82) is 0 Å². The minimum Gasteiger partial charge on any atom is -0.273 e. The quantitative estimate of drug-likeness (QED) is 0.662. The molecule has 1 fully saturated rings. The van der Waals surface area contributed by atoms with Crippen molar-refractivity contribution in [2.45, 2.75) is 25.2 Å². The van der Waals surface area contributed by atoms with E-state index in [1.165, 1.54) is 11.1 Å². The molecule has 0 heterocycles. The molecule has 1 saturated carbocycles. The van der Waals surface area contributed by atoms with Crippen LogP contribution in [0, 0.1) is 5.92 Å².